The van der Waals surface area contributed by atoms with Crippen LogP contribution in [-0.2, 0) is 14.3 Å². The first-order valence-corrected chi connectivity index (χ1v) is 7.96. The van der Waals surface area contributed by atoms with E-state index < -0.39 is 0 Å². The zero-order chi connectivity index (χ0) is 13.9. The lowest BCUT2D eigenvalue weighted by Gasteiger charge is -2.26. The summed E-state index contributed by atoms with van der Waals surface area (Å²) in [4.78, 5) is 14.4. The number of amides is 1. The van der Waals surface area contributed by atoms with Crippen molar-refractivity contribution in [1.29, 1.82) is 0 Å². The molecule has 6 heteroatoms. The lowest BCUT2D eigenvalue weighted by molar-refractivity contribution is -0.145. The maximum Gasteiger partial charge on any atom is 0.251 e. The minimum Gasteiger partial charge on any atom is -0.376 e. The Kier molecular flexibility index (Phi) is 6.29. The number of likely N-dealkylation sites (tertiary alicyclic amines) is 1. The molecule has 21 heavy (non-hydrogen) atoms. The Balaban J connectivity index is 0.00000161. The number of hydrogen-bond acceptors (Lipinski definition) is 4. The van der Waals surface area contributed by atoms with Crippen molar-refractivity contribution < 1.29 is 14.3 Å². The van der Waals surface area contributed by atoms with Crippen LogP contribution in [0.4, 0.5) is 0 Å². The quantitative estimate of drug-likeness (QED) is 0.842. The molecule has 1 N–H and O–H groups in total. The van der Waals surface area contributed by atoms with Crippen molar-refractivity contribution in [2.45, 2.75) is 38.4 Å². The average Bonchev–Trinajstić information content (AvgIpc) is 3.06. The predicted octanol–water partition coefficient (Wildman–Crippen LogP) is 1.06. The Bertz CT molecular complexity index is 338. The Hall–Kier alpha value is -0.360. The van der Waals surface area contributed by atoms with E-state index in [-0.39, 0.29) is 30.5 Å². The van der Waals surface area contributed by atoms with Crippen LogP contribution in [0.15, 0.2) is 0 Å². The predicted molar refractivity (Wildman–Crippen MR) is 82.7 cm³/mol. The van der Waals surface area contributed by atoms with Crippen molar-refractivity contribution in [3.63, 3.8) is 0 Å². The van der Waals surface area contributed by atoms with Crippen LogP contribution >= 0.6 is 12.4 Å². The van der Waals surface area contributed by atoms with Gasteiger partial charge in [-0.25, -0.2) is 0 Å². The van der Waals surface area contributed by atoms with E-state index >= 15 is 0 Å². The molecular weight excluding hydrogens is 292 g/mol. The summed E-state index contributed by atoms with van der Waals surface area (Å²) in [6.45, 7) is 7.15. The minimum atomic E-state index is -0.340. The maximum atomic E-state index is 12.4. The van der Waals surface area contributed by atoms with Gasteiger partial charge in [0.15, 0.2) is 0 Å². The summed E-state index contributed by atoms with van der Waals surface area (Å²) in [5.74, 6) is 1.44. The zero-order valence-electron chi connectivity index (χ0n) is 12.8. The van der Waals surface area contributed by atoms with Crippen LogP contribution in [0.2, 0.25) is 0 Å². The van der Waals surface area contributed by atoms with Gasteiger partial charge in [0.2, 0.25) is 0 Å². The second kappa shape index (κ2) is 7.77. The lowest BCUT2D eigenvalue weighted by Crippen LogP contribution is -2.40. The van der Waals surface area contributed by atoms with Gasteiger partial charge < -0.3 is 19.7 Å². The van der Waals surface area contributed by atoms with Gasteiger partial charge in [-0.15, -0.1) is 12.4 Å². The molecule has 3 aliphatic heterocycles. The Morgan fingerprint density at radius 1 is 1.33 bits per heavy atom. The Morgan fingerprint density at radius 3 is 2.67 bits per heavy atom. The molecule has 0 aromatic carbocycles. The molecule has 1 amide bonds. The topological polar surface area (TPSA) is 50.8 Å². The normalized spacial score (nSPS) is 33.4. The summed E-state index contributed by atoms with van der Waals surface area (Å²) in [6.07, 6.45) is 3.25. The van der Waals surface area contributed by atoms with Crippen molar-refractivity contribution in [3.8, 4) is 0 Å². The monoisotopic (exact) mass is 318 g/mol. The Morgan fingerprint density at radius 2 is 2.05 bits per heavy atom. The van der Waals surface area contributed by atoms with E-state index in [0.29, 0.717) is 18.4 Å². The van der Waals surface area contributed by atoms with Crippen molar-refractivity contribution in [1.82, 2.24) is 10.2 Å². The fourth-order valence-electron chi connectivity index (χ4n) is 3.55. The van der Waals surface area contributed by atoms with E-state index in [9.17, 15) is 4.79 Å². The number of halogens is 1. The van der Waals surface area contributed by atoms with E-state index in [1.54, 1.807) is 0 Å². The van der Waals surface area contributed by atoms with Crippen molar-refractivity contribution in [2.24, 2.45) is 11.8 Å². The number of ether oxygens (including phenoxy) is 2. The average molecular weight is 319 g/mol. The van der Waals surface area contributed by atoms with Crippen LogP contribution in [0.1, 0.15) is 26.2 Å². The molecule has 0 radical (unpaired) electrons. The van der Waals surface area contributed by atoms with Crippen LogP contribution in [0.3, 0.4) is 0 Å². The van der Waals surface area contributed by atoms with Gasteiger partial charge >= 0.3 is 0 Å². The van der Waals surface area contributed by atoms with E-state index in [2.05, 4.69) is 5.32 Å². The van der Waals surface area contributed by atoms with Crippen LogP contribution in [0.5, 0.6) is 0 Å². The molecule has 0 aromatic rings. The molecule has 0 saturated carbocycles. The maximum absolute atomic E-state index is 12.4. The first kappa shape index (κ1) is 17.0. The third kappa shape index (κ3) is 4.09. The van der Waals surface area contributed by atoms with E-state index in [1.807, 2.05) is 11.8 Å². The molecular formula is C15H27ClN2O3. The van der Waals surface area contributed by atoms with E-state index in [1.165, 1.54) is 6.42 Å². The summed E-state index contributed by atoms with van der Waals surface area (Å²) in [5.41, 5.74) is 0. The molecule has 5 nitrogen and oxygen atoms in total. The van der Waals surface area contributed by atoms with Gasteiger partial charge in [0, 0.05) is 32.8 Å². The minimum absolute atomic E-state index is 0. The van der Waals surface area contributed by atoms with Crippen LogP contribution in [0.25, 0.3) is 0 Å². The lowest BCUT2D eigenvalue weighted by atomic mass is 10.0. The highest BCUT2D eigenvalue weighted by Crippen LogP contribution is 2.27. The first-order chi connectivity index (χ1) is 9.74. The van der Waals surface area contributed by atoms with Gasteiger partial charge in [-0.05, 0) is 38.0 Å². The fraction of sp³-hybridized carbons (Fsp3) is 0.933. The summed E-state index contributed by atoms with van der Waals surface area (Å²) >= 11 is 0. The van der Waals surface area contributed by atoms with Crippen molar-refractivity contribution in [3.05, 3.63) is 0 Å². The van der Waals surface area contributed by atoms with Crippen LogP contribution in [-0.4, -0.2) is 62.4 Å². The zero-order valence-corrected chi connectivity index (χ0v) is 13.6. The van der Waals surface area contributed by atoms with E-state index in [4.69, 9.17) is 9.47 Å². The number of nitrogens with one attached hydrogen (secondary N) is 1. The summed E-state index contributed by atoms with van der Waals surface area (Å²) in [5, 5.41) is 3.40. The number of hydrogen-bond donors (Lipinski definition) is 1. The molecule has 3 heterocycles. The number of rotatable bonds is 4. The molecule has 3 saturated heterocycles. The SMILES string of the molecule is CC(OCC1CCCCO1)C(=O)N1C[C@H]2CNC[C@H]2C1.Cl. The summed E-state index contributed by atoms with van der Waals surface area (Å²) in [6, 6.07) is 0. The second-order valence-corrected chi connectivity index (χ2v) is 6.39. The molecule has 0 aromatic heterocycles. The van der Waals surface area contributed by atoms with Gasteiger partial charge in [-0.3, -0.25) is 4.79 Å². The van der Waals surface area contributed by atoms with Crippen LogP contribution in [0, 0.1) is 11.8 Å². The summed E-state index contributed by atoms with van der Waals surface area (Å²) < 4.78 is 11.4. The first-order valence-electron chi connectivity index (χ1n) is 7.96. The van der Waals surface area contributed by atoms with Gasteiger partial charge in [0.1, 0.15) is 6.10 Å². The van der Waals surface area contributed by atoms with Crippen LogP contribution < -0.4 is 5.32 Å². The molecule has 3 rings (SSSR count). The number of carbonyl (C=O) groups is 1. The fourth-order valence-corrected chi connectivity index (χ4v) is 3.55. The third-order valence-corrected chi connectivity index (χ3v) is 4.86. The molecule has 0 spiro atoms. The molecule has 0 bridgehead atoms. The van der Waals surface area contributed by atoms with Gasteiger partial charge in [0.05, 0.1) is 12.7 Å². The molecule has 0 aliphatic carbocycles. The summed E-state index contributed by atoms with van der Waals surface area (Å²) in [7, 11) is 0. The largest absolute Gasteiger partial charge is 0.376 e. The molecule has 3 fully saturated rings. The molecule has 122 valence electrons. The molecule has 3 aliphatic rings. The number of fused-ring (bicyclic) bond motifs is 1. The van der Waals surface area contributed by atoms with Crippen molar-refractivity contribution >= 4 is 18.3 Å². The van der Waals surface area contributed by atoms with Gasteiger partial charge in [-0.2, -0.15) is 0 Å². The highest BCUT2D eigenvalue weighted by atomic mass is 35.5. The van der Waals surface area contributed by atoms with Gasteiger partial charge in [-0.1, -0.05) is 0 Å². The molecule has 2 unspecified atom stereocenters. The number of nitrogens with zero attached hydrogens (tertiary/aromatic N) is 1. The smallest absolute Gasteiger partial charge is 0.251 e. The molecule has 4 atom stereocenters. The highest BCUT2D eigenvalue weighted by molar-refractivity contribution is 5.85. The highest BCUT2D eigenvalue weighted by Gasteiger charge is 2.39. The standard InChI is InChI=1S/C15H26N2O3.ClH/c1-11(20-10-14-4-2-3-5-19-14)15(18)17-8-12-6-16-7-13(12)9-17;/h11-14,16H,2-10H2,1H3;1H/t11?,12-,13+,14?;. The second-order valence-electron chi connectivity index (χ2n) is 6.39. The Labute approximate surface area is 133 Å². The van der Waals surface area contributed by atoms with Crippen molar-refractivity contribution in [2.75, 3.05) is 39.4 Å². The van der Waals surface area contributed by atoms with Gasteiger partial charge in [0.25, 0.3) is 5.91 Å². The number of carbonyl (C=O) groups excluding carboxylic acids is 1. The van der Waals surface area contributed by atoms with E-state index in [0.717, 1.165) is 45.6 Å². The third-order valence-electron chi connectivity index (χ3n) is 4.86.